The summed E-state index contributed by atoms with van der Waals surface area (Å²) in [5.41, 5.74) is 0. The molecule has 0 radical (unpaired) electrons. The SMILES string of the molecule is [2H]c1nn(C([2H])([2H])[2H])c([2H])c1O. The molecule has 7 heavy (non-hydrogen) atoms. The molecular formula is C4H6N2O. The van der Waals surface area contributed by atoms with Gasteiger partial charge < -0.3 is 5.11 Å². The lowest BCUT2D eigenvalue weighted by atomic mass is 10.7. The topological polar surface area (TPSA) is 38.0 Å². The monoisotopic (exact) mass is 103 g/mol. The Labute approximate surface area is 48.2 Å². The lowest BCUT2D eigenvalue weighted by Crippen LogP contribution is -1.83. The van der Waals surface area contributed by atoms with Crippen LogP contribution in [0.3, 0.4) is 0 Å². The summed E-state index contributed by atoms with van der Waals surface area (Å²) in [5, 5.41) is 12.0. The summed E-state index contributed by atoms with van der Waals surface area (Å²) in [5.74, 6) is -0.717. The zero-order valence-electron chi connectivity index (χ0n) is 8.34. The second kappa shape index (κ2) is 1.26. The van der Waals surface area contributed by atoms with E-state index < -0.39 is 25.1 Å². The Morgan fingerprint density at radius 2 is 3.14 bits per heavy atom. The van der Waals surface area contributed by atoms with Crippen LogP contribution in [0.15, 0.2) is 12.3 Å². The smallest absolute Gasteiger partial charge is 0.153 e. The molecule has 38 valence electrons. The highest BCUT2D eigenvalue weighted by molar-refractivity contribution is 5.07. The molecule has 0 unspecified atom stereocenters. The van der Waals surface area contributed by atoms with E-state index in [0.717, 1.165) is 0 Å². The lowest BCUT2D eigenvalue weighted by Gasteiger charge is -1.77. The van der Waals surface area contributed by atoms with E-state index in [0.29, 0.717) is 4.68 Å². The molecule has 3 heteroatoms. The summed E-state index contributed by atoms with van der Waals surface area (Å²) in [6.45, 7) is -2.62. The molecule has 1 heterocycles. The van der Waals surface area contributed by atoms with Gasteiger partial charge in [-0.1, -0.05) is 0 Å². The van der Waals surface area contributed by atoms with Gasteiger partial charge in [0.1, 0.15) is 0 Å². The van der Waals surface area contributed by atoms with Gasteiger partial charge in [0.15, 0.2) is 5.75 Å². The molecule has 0 amide bonds. The molecule has 0 saturated carbocycles. The minimum Gasteiger partial charge on any atom is -0.505 e. The fourth-order valence-electron chi connectivity index (χ4n) is 0.248. The van der Waals surface area contributed by atoms with Crippen molar-refractivity contribution in [3.8, 4) is 5.75 Å². The summed E-state index contributed by atoms with van der Waals surface area (Å²) in [6, 6.07) is 0. The first-order valence-electron chi connectivity index (χ1n) is 4.09. The van der Waals surface area contributed by atoms with Gasteiger partial charge in [0, 0.05) is 11.1 Å². The van der Waals surface area contributed by atoms with Crippen molar-refractivity contribution in [1.29, 1.82) is 0 Å². The molecule has 0 bridgehead atoms. The third kappa shape index (κ3) is 0.707. The van der Waals surface area contributed by atoms with Gasteiger partial charge in [-0.05, 0) is 0 Å². The van der Waals surface area contributed by atoms with Crippen molar-refractivity contribution in [3.63, 3.8) is 0 Å². The zero-order valence-corrected chi connectivity index (χ0v) is 3.34. The minimum atomic E-state index is -2.62. The maximum atomic E-state index is 8.88. The fraction of sp³-hybridized carbons (Fsp3) is 0.250. The van der Waals surface area contributed by atoms with Crippen LogP contribution in [0, 0.1) is 0 Å². The van der Waals surface area contributed by atoms with Gasteiger partial charge in [0.25, 0.3) is 0 Å². The number of nitrogens with zero attached hydrogens (tertiary/aromatic N) is 2. The number of hydrogen-bond acceptors (Lipinski definition) is 2. The third-order valence-corrected chi connectivity index (χ3v) is 0.468. The van der Waals surface area contributed by atoms with Gasteiger partial charge in [0.05, 0.1) is 15.1 Å². The summed E-state index contributed by atoms with van der Waals surface area (Å²) in [7, 11) is 0. The van der Waals surface area contributed by atoms with E-state index in [-0.39, 0.29) is 0 Å². The van der Waals surface area contributed by atoms with Crippen LogP contribution in [-0.2, 0) is 6.98 Å². The molecule has 0 saturated heterocycles. The first-order valence-corrected chi connectivity index (χ1v) is 1.59. The maximum Gasteiger partial charge on any atom is 0.153 e. The Morgan fingerprint density at radius 1 is 2.29 bits per heavy atom. The molecule has 0 fully saturated rings. The number of aromatic nitrogens is 2. The predicted molar refractivity (Wildman–Crippen MR) is 24.9 cm³/mol. The van der Waals surface area contributed by atoms with E-state index in [4.69, 9.17) is 12.0 Å². The highest BCUT2D eigenvalue weighted by Crippen LogP contribution is 2.00. The molecule has 0 atom stereocenters. The maximum absolute atomic E-state index is 8.88. The molecule has 1 aromatic rings. The second-order valence-electron chi connectivity index (χ2n) is 0.984. The van der Waals surface area contributed by atoms with Crippen LogP contribution in [0.4, 0.5) is 0 Å². The van der Waals surface area contributed by atoms with E-state index in [2.05, 4.69) is 5.10 Å². The predicted octanol–water partition coefficient (Wildman–Crippen LogP) is 0.126. The number of rotatable bonds is 0. The summed E-state index contributed by atoms with van der Waals surface area (Å²) in [4.78, 5) is 0. The Balaban J connectivity index is 3.28. The molecule has 3 nitrogen and oxygen atoms in total. The van der Waals surface area contributed by atoms with Crippen LogP contribution in [0.25, 0.3) is 0 Å². The summed E-state index contributed by atoms with van der Waals surface area (Å²) < 4.78 is 34.8. The number of hydrogen-bond donors (Lipinski definition) is 1. The van der Waals surface area contributed by atoms with Crippen LogP contribution >= 0.6 is 0 Å². The fourth-order valence-corrected chi connectivity index (χ4v) is 0.248. The summed E-state index contributed by atoms with van der Waals surface area (Å²) >= 11 is 0. The summed E-state index contributed by atoms with van der Waals surface area (Å²) in [6.07, 6.45) is -1.27. The number of aromatic hydroxyl groups is 1. The van der Waals surface area contributed by atoms with Crippen LogP contribution < -0.4 is 0 Å². The molecule has 1 aromatic heterocycles. The molecule has 1 N–H and O–H groups in total. The average molecular weight is 103 g/mol. The molecule has 0 aliphatic carbocycles. The van der Waals surface area contributed by atoms with Crippen LogP contribution in [0.5, 0.6) is 5.75 Å². The van der Waals surface area contributed by atoms with Crippen molar-refractivity contribution >= 4 is 0 Å². The standard InChI is InChI=1S/C4H6N2O/c1-6-3-4(7)2-5-6/h2-3,7H,1H3/i1D3,2D,3D. The largest absolute Gasteiger partial charge is 0.505 e. The van der Waals surface area contributed by atoms with Crippen molar-refractivity contribution < 1.29 is 12.0 Å². The Morgan fingerprint density at radius 3 is 3.43 bits per heavy atom. The first-order chi connectivity index (χ1) is 5.34. The normalized spacial score (nSPS) is 21.4. The van der Waals surface area contributed by atoms with E-state index in [1.165, 1.54) is 0 Å². The molecule has 0 spiro atoms. The number of aryl methyl sites for hydroxylation is 1. The van der Waals surface area contributed by atoms with Gasteiger partial charge in [-0.2, -0.15) is 5.10 Å². The van der Waals surface area contributed by atoms with E-state index >= 15 is 0 Å². The average Bonchev–Trinajstić information content (AvgIpc) is 2.15. The van der Waals surface area contributed by atoms with Crippen molar-refractivity contribution in [2.24, 2.45) is 6.98 Å². The van der Waals surface area contributed by atoms with E-state index in [9.17, 15) is 0 Å². The van der Waals surface area contributed by atoms with Gasteiger partial charge in [-0.3, -0.25) is 4.68 Å². The third-order valence-electron chi connectivity index (χ3n) is 0.468. The van der Waals surface area contributed by atoms with Gasteiger partial charge in [-0.15, -0.1) is 0 Å². The van der Waals surface area contributed by atoms with Crippen molar-refractivity contribution in [3.05, 3.63) is 12.3 Å². The molecular weight excluding hydrogens is 92.1 g/mol. The molecule has 0 aliphatic heterocycles. The Hall–Kier alpha value is -0.990. The highest BCUT2D eigenvalue weighted by atomic mass is 16.3. The van der Waals surface area contributed by atoms with Crippen molar-refractivity contribution in [2.75, 3.05) is 0 Å². The molecule has 0 aromatic carbocycles. The van der Waals surface area contributed by atoms with Crippen LogP contribution in [0.2, 0.25) is 0 Å². The Kier molecular flexibility index (Phi) is 0.223. The van der Waals surface area contributed by atoms with Crippen LogP contribution in [0.1, 0.15) is 6.85 Å². The van der Waals surface area contributed by atoms with Crippen LogP contribution in [-0.4, -0.2) is 14.9 Å². The van der Waals surface area contributed by atoms with E-state index in [1.54, 1.807) is 0 Å². The van der Waals surface area contributed by atoms with Gasteiger partial charge >= 0.3 is 0 Å². The first kappa shape index (κ1) is 1.24. The van der Waals surface area contributed by atoms with Gasteiger partial charge in [0.2, 0.25) is 0 Å². The second-order valence-corrected chi connectivity index (χ2v) is 0.984. The molecule has 0 aliphatic rings. The highest BCUT2D eigenvalue weighted by Gasteiger charge is 1.84. The zero-order chi connectivity index (χ0) is 9.52. The lowest BCUT2D eigenvalue weighted by molar-refractivity contribution is 0.474. The van der Waals surface area contributed by atoms with Crippen molar-refractivity contribution in [1.82, 2.24) is 9.78 Å². The van der Waals surface area contributed by atoms with Crippen molar-refractivity contribution in [2.45, 2.75) is 0 Å². The quantitative estimate of drug-likeness (QED) is 0.506. The minimum absolute atomic E-state index is 0.324. The molecule has 1 rings (SSSR count). The van der Waals surface area contributed by atoms with Gasteiger partial charge in [-0.25, -0.2) is 0 Å². The van der Waals surface area contributed by atoms with E-state index in [1.807, 2.05) is 0 Å². The Bertz CT molecular complexity index is 303.